The number of alkyl halides is 1. The van der Waals surface area contributed by atoms with Crippen LogP contribution < -0.4 is 0 Å². The van der Waals surface area contributed by atoms with Gasteiger partial charge in [0.1, 0.15) is 5.82 Å². The Balaban J connectivity index is 2.84. The predicted molar refractivity (Wildman–Crippen MR) is 64.5 cm³/mol. The zero-order chi connectivity index (χ0) is 12.0. The molecule has 16 heavy (non-hydrogen) atoms. The standard InChI is InChI=1S/C12H14BrFO2/c1-2-16-12(15)10-6-9(4-3-5-13)7-11(14)8-10/h6-8H,2-5H2,1H3. The third-order valence-electron chi connectivity index (χ3n) is 2.07. The van der Waals surface area contributed by atoms with Gasteiger partial charge in [-0.2, -0.15) is 0 Å². The Hall–Kier alpha value is -0.900. The van der Waals surface area contributed by atoms with Gasteiger partial charge in [-0.1, -0.05) is 15.9 Å². The lowest BCUT2D eigenvalue weighted by atomic mass is 10.1. The van der Waals surface area contributed by atoms with Crippen molar-refractivity contribution >= 4 is 21.9 Å². The molecular weight excluding hydrogens is 275 g/mol. The van der Waals surface area contributed by atoms with Crippen LogP contribution in [0.25, 0.3) is 0 Å². The molecule has 0 aliphatic heterocycles. The first kappa shape index (κ1) is 13.2. The van der Waals surface area contributed by atoms with Gasteiger partial charge in [-0.25, -0.2) is 9.18 Å². The van der Waals surface area contributed by atoms with Crippen molar-refractivity contribution in [1.29, 1.82) is 0 Å². The number of ether oxygens (including phenoxy) is 1. The first-order chi connectivity index (χ1) is 7.67. The van der Waals surface area contributed by atoms with Crippen LogP contribution >= 0.6 is 15.9 Å². The van der Waals surface area contributed by atoms with E-state index in [1.54, 1.807) is 13.0 Å². The zero-order valence-electron chi connectivity index (χ0n) is 9.13. The molecule has 0 N–H and O–H groups in total. The van der Waals surface area contributed by atoms with E-state index in [0.29, 0.717) is 6.61 Å². The van der Waals surface area contributed by atoms with E-state index >= 15 is 0 Å². The maximum Gasteiger partial charge on any atom is 0.338 e. The van der Waals surface area contributed by atoms with Crippen LogP contribution in [0.2, 0.25) is 0 Å². The first-order valence-corrected chi connectivity index (χ1v) is 6.32. The summed E-state index contributed by atoms with van der Waals surface area (Å²) in [4.78, 5) is 11.4. The van der Waals surface area contributed by atoms with Crippen molar-refractivity contribution in [3.63, 3.8) is 0 Å². The fourth-order valence-electron chi connectivity index (χ4n) is 1.40. The normalized spacial score (nSPS) is 10.2. The Morgan fingerprint density at radius 2 is 2.19 bits per heavy atom. The number of carbonyl (C=O) groups excluding carboxylic acids is 1. The van der Waals surface area contributed by atoms with E-state index in [0.717, 1.165) is 23.7 Å². The molecule has 0 atom stereocenters. The second-order valence-corrected chi connectivity index (χ2v) is 4.15. The van der Waals surface area contributed by atoms with Crippen molar-refractivity contribution in [1.82, 2.24) is 0 Å². The molecule has 0 spiro atoms. The van der Waals surface area contributed by atoms with Crippen LogP contribution in [0.3, 0.4) is 0 Å². The highest BCUT2D eigenvalue weighted by atomic mass is 79.9. The minimum absolute atomic E-state index is 0.284. The summed E-state index contributed by atoms with van der Waals surface area (Å²) < 4.78 is 18.1. The molecule has 88 valence electrons. The monoisotopic (exact) mass is 288 g/mol. The SMILES string of the molecule is CCOC(=O)c1cc(F)cc(CCCBr)c1. The fraction of sp³-hybridized carbons (Fsp3) is 0.417. The lowest BCUT2D eigenvalue weighted by Crippen LogP contribution is -2.06. The summed E-state index contributed by atoms with van der Waals surface area (Å²) >= 11 is 3.31. The molecule has 1 rings (SSSR count). The molecule has 0 radical (unpaired) electrons. The van der Waals surface area contributed by atoms with Crippen LogP contribution in [0.4, 0.5) is 4.39 Å². The molecule has 1 aromatic carbocycles. The van der Waals surface area contributed by atoms with Gasteiger partial charge in [0.15, 0.2) is 0 Å². The second kappa shape index (κ2) is 6.63. The average Bonchev–Trinajstić information content (AvgIpc) is 2.26. The highest BCUT2D eigenvalue weighted by Gasteiger charge is 2.09. The summed E-state index contributed by atoms with van der Waals surface area (Å²) in [6.07, 6.45) is 1.65. The number of hydrogen-bond donors (Lipinski definition) is 0. The van der Waals surface area contributed by atoms with E-state index in [1.165, 1.54) is 12.1 Å². The van der Waals surface area contributed by atoms with Crippen LogP contribution in [0.1, 0.15) is 29.3 Å². The van der Waals surface area contributed by atoms with Gasteiger partial charge in [0, 0.05) is 5.33 Å². The molecule has 0 amide bonds. The molecule has 4 heteroatoms. The van der Waals surface area contributed by atoms with E-state index in [9.17, 15) is 9.18 Å². The molecule has 0 unspecified atom stereocenters. The molecule has 0 aliphatic rings. The lowest BCUT2D eigenvalue weighted by Gasteiger charge is -2.05. The van der Waals surface area contributed by atoms with Crippen LogP contribution in [-0.2, 0) is 11.2 Å². The Labute approximate surface area is 103 Å². The number of rotatable bonds is 5. The predicted octanol–water partition coefficient (Wildman–Crippen LogP) is 3.33. The van der Waals surface area contributed by atoms with Crippen LogP contribution in [0.15, 0.2) is 18.2 Å². The molecular formula is C12H14BrFO2. The maximum absolute atomic E-state index is 13.2. The van der Waals surface area contributed by atoms with Crippen molar-refractivity contribution in [3.8, 4) is 0 Å². The maximum atomic E-state index is 13.2. The van der Waals surface area contributed by atoms with Crippen molar-refractivity contribution in [2.24, 2.45) is 0 Å². The summed E-state index contributed by atoms with van der Waals surface area (Å²) in [5.74, 6) is -0.864. The van der Waals surface area contributed by atoms with Gasteiger partial charge < -0.3 is 4.74 Å². The number of benzene rings is 1. The Bertz CT molecular complexity index is 366. The minimum atomic E-state index is -0.470. The molecule has 0 heterocycles. The highest BCUT2D eigenvalue weighted by molar-refractivity contribution is 9.09. The molecule has 0 bridgehead atoms. The fourth-order valence-corrected chi connectivity index (χ4v) is 1.68. The van der Waals surface area contributed by atoms with Crippen molar-refractivity contribution in [2.75, 3.05) is 11.9 Å². The van der Waals surface area contributed by atoms with Gasteiger partial charge in [-0.15, -0.1) is 0 Å². The Morgan fingerprint density at radius 3 is 2.81 bits per heavy atom. The number of carbonyl (C=O) groups is 1. The van der Waals surface area contributed by atoms with Gasteiger partial charge in [0.2, 0.25) is 0 Å². The number of aryl methyl sites for hydroxylation is 1. The van der Waals surface area contributed by atoms with Gasteiger partial charge in [-0.05, 0) is 43.5 Å². The van der Waals surface area contributed by atoms with E-state index in [-0.39, 0.29) is 5.56 Å². The summed E-state index contributed by atoms with van der Waals surface area (Å²) in [7, 11) is 0. The molecule has 0 saturated heterocycles. The molecule has 0 fully saturated rings. The second-order valence-electron chi connectivity index (χ2n) is 3.36. The van der Waals surface area contributed by atoms with Gasteiger partial charge >= 0.3 is 5.97 Å². The Kier molecular flexibility index (Phi) is 5.46. The van der Waals surface area contributed by atoms with Crippen LogP contribution in [0, 0.1) is 5.82 Å². The number of halogens is 2. The minimum Gasteiger partial charge on any atom is -0.462 e. The summed E-state index contributed by atoms with van der Waals surface area (Å²) in [5.41, 5.74) is 1.11. The van der Waals surface area contributed by atoms with Crippen molar-refractivity contribution in [2.45, 2.75) is 19.8 Å². The number of esters is 1. The van der Waals surface area contributed by atoms with E-state index < -0.39 is 11.8 Å². The quantitative estimate of drug-likeness (QED) is 0.614. The van der Waals surface area contributed by atoms with E-state index in [1.807, 2.05) is 0 Å². The third kappa shape index (κ3) is 3.93. The lowest BCUT2D eigenvalue weighted by molar-refractivity contribution is 0.0525. The third-order valence-corrected chi connectivity index (χ3v) is 2.63. The van der Waals surface area contributed by atoms with Gasteiger partial charge in [0.05, 0.1) is 12.2 Å². The summed E-state index contributed by atoms with van der Waals surface area (Å²) in [6.45, 7) is 2.02. The molecule has 0 aromatic heterocycles. The molecule has 2 nitrogen and oxygen atoms in total. The largest absolute Gasteiger partial charge is 0.462 e. The van der Waals surface area contributed by atoms with Gasteiger partial charge in [-0.3, -0.25) is 0 Å². The summed E-state index contributed by atoms with van der Waals surface area (Å²) in [6, 6.07) is 4.34. The Morgan fingerprint density at radius 1 is 1.44 bits per heavy atom. The van der Waals surface area contributed by atoms with Crippen LogP contribution in [0.5, 0.6) is 0 Å². The zero-order valence-corrected chi connectivity index (χ0v) is 10.7. The van der Waals surface area contributed by atoms with Gasteiger partial charge in [0.25, 0.3) is 0 Å². The highest BCUT2D eigenvalue weighted by Crippen LogP contribution is 2.13. The molecule has 0 aliphatic carbocycles. The first-order valence-electron chi connectivity index (χ1n) is 5.20. The summed E-state index contributed by atoms with van der Waals surface area (Å²) in [5, 5.41) is 0.859. The van der Waals surface area contributed by atoms with E-state index in [2.05, 4.69) is 15.9 Å². The smallest absolute Gasteiger partial charge is 0.338 e. The molecule has 0 saturated carbocycles. The number of hydrogen-bond acceptors (Lipinski definition) is 2. The van der Waals surface area contributed by atoms with Crippen LogP contribution in [-0.4, -0.2) is 17.9 Å². The average molecular weight is 289 g/mol. The van der Waals surface area contributed by atoms with E-state index in [4.69, 9.17) is 4.74 Å². The van der Waals surface area contributed by atoms with Crippen molar-refractivity contribution < 1.29 is 13.9 Å². The molecule has 1 aromatic rings. The van der Waals surface area contributed by atoms with Crippen molar-refractivity contribution in [3.05, 3.63) is 35.1 Å². The topological polar surface area (TPSA) is 26.3 Å².